The van der Waals surface area contributed by atoms with Crippen molar-refractivity contribution in [1.82, 2.24) is 0 Å². The SMILES string of the molecule is CC/C=C\C/C=C\C/C=C\C/C=C\CCCCCCCCC(=O)OC(COC(=O)CCCCCCCCCCCCCC)COC(=O)CCCCCCCCCCCCCCCCCCCCCCCCCCCCCCCCCCC. The van der Waals surface area contributed by atoms with Crippen LogP contribution >= 0.6 is 0 Å². The molecule has 0 aromatic heterocycles. The van der Waals surface area contributed by atoms with Crippen LogP contribution in [0.3, 0.4) is 0 Å². The van der Waals surface area contributed by atoms with Crippen LogP contribution in [0.15, 0.2) is 48.6 Å². The van der Waals surface area contributed by atoms with Crippen molar-refractivity contribution < 1.29 is 28.6 Å². The van der Waals surface area contributed by atoms with E-state index in [2.05, 4.69) is 69.4 Å². The minimum atomic E-state index is -0.779. The van der Waals surface area contributed by atoms with Gasteiger partial charge in [-0.1, -0.05) is 371 Å². The molecule has 0 spiro atoms. The molecule has 1 unspecified atom stereocenters. The summed E-state index contributed by atoms with van der Waals surface area (Å²) >= 11 is 0. The Hall–Kier alpha value is -2.63. The fourth-order valence-electron chi connectivity index (χ4n) is 11.1. The maximum absolute atomic E-state index is 12.9. The van der Waals surface area contributed by atoms with Gasteiger partial charge in [0.25, 0.3) is 0 Å². The van der Waals surface area contributed by atoms with E-state index in [9.17, 15) is 14.4 Å². The predicted molar refractivity (Wildman–Crippen MR) is 358 cm³/mol. The molecule has 0 heterocycles. The lowest BCUT2D eigenvalue weighted by atomic mass is 10.0. The van der Waals surface area contributed by atoms with Crippen LogP contribution in [0.5, 0.6) is 0 Å². The van der Waals surface area contributed by atoms with Gasteiger partial charge in [-0.05, 0) is 57.8 Å². The average molecular weight is 1150 g/mol. The van der Waals surface area contributed by atoms with Gasteiger partial charge in [0, 0.05) is 19.3 Å². The summed E-state index contributed by atoms with van der Waals surface area (Å²) in [6.07, 6.45) is 90.3. The lowest BCUT2D eigenvalue weighted by Crippen LogP contribution is -2.30. The molecule has 0 fully saturated rings. The smallest absolute Gasteiger partial charge is 0.306 e. The first-order valence-corrected chi connectivity index (χ1v) is 36.6. The van der Waals surface area contributed by atoms with E-state index in [0.717, 1.165) is 96.3 Å². The second-order valence-electron chi connectivity index (χ2n) is 24.8. The number of rotatable bonds is 68. The summed E-state index contributed by atoms with van der Waals surface area (Å²) in [6, 6.07) is 0. The molecule has 0 aromatic rings. The minimum absolute atomic E-state index is 0.0740. The number of ether oxygens (including phenoxy) is 3. The molecule has 0 aliphatic rings. The first kappa shape index (κ1) is 79.4. The summed E-state index contributed by atoms with van der Waals surface area (Å²) in [5.74, 6) is -0.863. The highest BCUT2D eigenvalue weighted by Crippen LogP contribution is 2.19. The summed E-state index contributed by atoms with van der Waals surface area (Å²) in [6.45, 7) is 6.58. The van der Waals surface area contributed by atoms with Crippen LogP contribution in [0, 0.1) is 0 Å². The summed E-state index contributed by atoms with van der Waals surface area (Å²) in [5.41, 5.74) is 0. The Labute approximate surface area is 511 Å². The van der Waals surface area contributed by atoms with Gasteiger partial charge in [0.05, 0.1) is 0 Å². The lowest BCUT2D eigenvalue weighted by molar-refractivity contribution is -0.167. The summed E-state index contributed by atoms with van der Waals surface area (Å²) in [7, 11) is 0. The van der Waals surface area contributed by atoms with Gasteiger partial charge in [0.1, 0.15) is 13.2 Å². The molecule has 0 amide bonds. The van der Waals surface area contributed by atoms with Gasteiger partial charge in [-0.15, -0.1) is 0 Å². The lowest BCUT2D eigenvalue weighted by Gasteiger charge is -2.18. The number of hydrogen-bond acceptors (Lipinski definition) is 6. The molecule has 0 aliphatic carbocycles. The fourth-order valence-corrected chi connectivity index (χ4v) is 11.1. The van der Waals surface area contributed by atoms with Crippen LogP contribution < -0.4 is 0 Å². The second kappa shape index (κ2) is 70.9. The molecule has 0 aromatic carbocycles. The molecular weight excluding hydrogens is 1010 g/mol. The van der Waals surface area contributed by atoms with Gasteiger partial charge >= 0.3 is 17.9 Å². The standard InChI is InChI=1S/C76H140O6/c1-4-7-10-13-16-19-22-25-27-29-31-32-33-34-35-36-37-38-39-40-41-42-43-44-46-47-49-51-54-57-60-63-66-69-75(78)81-72-73(71-80-74(77)68-65-62-59-56-53-24-21-18-15-12-9-6-3)82-76(79)70-67-64-61-58-55-52-50-48-45-30-28-26-23-20-17-14-11-8-5-2/h8,11,17,20,26,28,45,48,73H,4-7,9-10,12-16,18-19,21-25,27,29-44,46-47,49-72H2,1-3H3/b11-8-,20-17-,28-26-,48-45-. The number of hydrogen-bond donors (Lipinski definition) is 0. The molecule has 0 N–H and O–H groups in total. The van der Waals surface area contributed by atoms with Crippen molar-refractivity contribution in [3.63, 3.8) is 0 Å². The Morgan fingerprint density at radius 1 is 0.256 bits per heavy atom. The van der Waals surface area contributed by atoms with Crippen LogP contribution in [0.2, 0.25) is 0 Å². The summed E-state index contributed by atoms with van der Waals surface area (Å²) < 4.78 is 17.0. The Bertz CT molecular complexity index is 1410. The quantitative estimate of drug-likeness (QED) is 0.0261. The fraction of sp³-hybridized carbons (Fsp3) is 0.855. The van der Waals surface area contributed by atoms with E-state index >= 15 is 0 Å². The molecule has 6 heteroatoms. The highest BCUT2D eigenvalue weighted by molar-refractivity contribution is 5.71. The van der Waals surface area contributed by atoms with E-state index in [1.54, 1.807) is 0 Å². The van der Waals surface area contributed by atoms with Gasteiger partial charge in [0.2, 0.25) is 0 Å². The molecule has 480 valence electrons. The normalized spacial score (nSPS) is 12.3. The third kappa shape index (κ3) is 68.2. The van der Waals surface area contributed by atoms with Gasteiger partial charge in [-0.25, -0.2) is 0 Å². The monoisotopic (exact) mass is 1150 g/mol. The Morgan fingerprint density at radius 3 is 0.744 bits per heavy atom. The van der Waals surface area contributed by atoms with Crippen LogP contribution in [-0.2, 0) is 28.6 Å². The second-order valence-corrected chi connectivity index (χ2v) is 24.8. The van der Waals surface area contributed by atoms with Crippen LogP contribution in [0.1, 0.15) is 400 Å². The topological polar surface area (TPSA) is 78.9 Å². The first-order valence-electron chi connectivity index (χ1n) is 36.6. The maximum atomic E-state index is 12.9. The summed E-state index contributed by atoms with van der Waals surface area (Å²) in [5, 5.41) is 0. The van der Waals surface area contributed by atoms with E-state index in [1.807, 2.05) is 0 Å². The van der Waals surface area contributed by atoms with E-state index < -0.39 is 6.10 Å². The first-order chi connectivity index (χ1) is 40.5. The van der Waals surface area contributed by atoms with Crippen molar-refractivity contribution in [3.8, 4) is 0 Å². The molecule has 0 rings (SSSR count). The number of allylic oxidation sites excluding steroid dienone is 8. The van der Waals surface area contributed by atoms with Crippen molar-refractivity contribution in [1.29, 1.82) is 0 Å². The predicted octanol–water partition coefficient (Wildman–Crippen LogP) is 25.3. The van der Waals surface area contributed by atoms with Crippen molar-refractivity contribution in [3.05, 3.63) is 48.6 Å². The zero-order chi connectivity index (χ0) is 59.2. The van der Waals surface area contributed by atoms with E-state index in [1.165, 1.54) is 263 Å². The molecule has 6 nitrogen and oxygen atoms in total. The Balaban J connectivity index is 4.11. The van der Waals surface area contributed by atoms with Crippen LogP contribution in [0.25, 0.3) is 0 Å². The molecule has 0 bridgehead atoms. The zero-order valence-electron chi connectivity index (χ0n) is 55.3. The highest BCUT2D eigenvalue weighted by Gasteiger charge is 2.19. The third-order valence-electron chi connectivity index (χ3n) is 16.6. The van der Waals surface area contributed by atoms with Gasteiger partial charge in [-0.3, -0.25) is 14.4 Å². The third-order valence-corrected chi connectivity index (χ3v) is 16.6. The van der Waals surface area contributed by atoms with E-state index in [-0.39, 0.29) is 31.1 Å². The molecule has 0 saturated heterocycles. The number of carbonyl (C=O) groups is 3. The average Bonchev–Trinajstić information content (AvgIpc) is 3.47. The molecule has 0 aliphatic heterocycles. The number of esters is 3. The molecule has 1 atom stereocenters. The summed E-state index contributed by atoms with van der Waals surface area (Å²) in [4.78, 5) is 38.4. The van der Waals surface area contributed by atoms with Crippen LogP contribution in [0.4, 0.5) is 0 Å². The minimum Gasteiger partial charge on any atom is -0.462 e. The molecule has 82 heavy (non-hydrogen) atoms. The molecular formula is C76H140O6. The van der Waals surface area contributed by atoms with Crippen molar-refractivity contribution in [2.24, 2.45) is 0 Å². The van der Waals surface area contributed by atoms with Crippen LogP contribution in [-0.4, -0.2) is 37.2 Å². The maximum Gasteiger partial charge on any atom is 0.306 e. The van der Waals surface area contributed by atoms with Crippen molar-refractivity contribution in [2.45, 2.75) is 406 Å². The van der Waals surface area contributed by atoms with E-state index in [4.69, 9.17) is 14.2 Å². The highest BCUT2D eigenvalue weighted by atomic mass is 16.6. The van der Waals surface area contributed by atoms with Crippen molar-refractivity contribution in [2.75, 3.05) is 13.2 Å². The number of carbonyl (C=O) groups excluding carboxylic acids is 3. The molecule has 0 saturated carbocycles. The van der Waals surface area contributed by atoms with Gasteiger partial charge in [0.15, 0.2) is 6.10 Å². The Kier molecular flexibility index (Phi) is 68.6. The Morgan fingerprint density at radius 2 is 0.476 bits per heavy atom. The van der Waals surface area contributed by atoms with E-state index in [0.29, 0.717) is 19.3 Å². The zero-order valence-corrected chi connectivity index (χ0v) is 55.3. The molecule has 0 radical (unpaired) electrons. The number of unbranched alkanes of at least 4 members (excludes halogenated alkanes) is 49. The van der Waals surface area contributed by atoms with Gasteiger partial charge in [-0.2, -0.15) is 0 Å². The van der Waals surface area contributed by atoms with Gasteiger partial charge < -0.3 is 14.2 Å². The van der Waals surface area contributed by atoms with Crippen molar-refractivity contribution >= 4 is 17.9 Å². The largest absolute Gasteiger partial charge is 0.462 e.